The van der Waals surface area contributed by atoms with Crippen molar-refractivity contribution in [3.8, 4) is 5.75 Å². The van der Waals surface area contributed by atoms with Crippen LogP contribution in [0, 0.1) is 20.8 Å². The fourth-order valence-corrected chi connectivity index (χ4v) is 2.57. The number of benzene rings is 1. The summed E-state index contributed by atoms with van der Waals surface area (Å²) >= 11 is 0. The first-order chi connectivity index (χ1) is 8.23. The lowest BCUT2D eigenvalue weighted by molar-refractivity contribution is 0.0395. The van der Waals surface area contributed by atoms with E-state index < -0.39 is 5.60 Å². The molecule has 1 unspecified atom stereocenters. The first-order valence-corrected chi connectivity index (χ1v) is 6.28. The molecule has 3 heteroatoms. The highest BCUT2D eigenvalue weighted by molar-refractivity contribution is 5.50. The number of hydrogen-bond donors (Lipinski definition) is 2. The third-order valence-electron chi connectivity index (χ3n) is 3.61. The molecule has 1 aromatic rings. The molecule has 0 spiro atoms. The van der Waals surface area contributed by atoms with Crippen LogP contribution in [0.25, 0.3) is 0 Å². The lowest BCUT2D eigenvalue weighted by atomic mass is 9.84. The van der Waals surface area contributed by atoms with E-state index in [9.17, 15) is 5.11 Å². The Bertz CT molecular complexity index is 433. The zero-order valence-electron chi connectivity index (χ0n) is 12.5. The van der Waals surface area contributed by atoms with Crippen LogP contribution >= 0.6 is 0 Å². The molecular weight excluding hydrogens is 226 g/mol. The summed E-state index contributed by atoms with van der Waals surface area (Å²) in [5.41, 5.74) is 3.78. The monoisotopic (exact) mass is 251 g/mol. The first kappa shape index (κ1) is 15.0. The topological polar surface area (TPSA) is 41.5 Å². The van der Waals surface area contributed by atoms with Gasteiger partial charge in [0.05, 0.1) is 18.8 Å². The lowest BCUT2D eigenvalue weighted by Crippen LogP contribution is -2.38. The van der Waals surface area contributed by atoms with Crippen LogP contribution in [0.15, 0.2) is 6.07 Å². The number of ether oxygens (including phenoxy) is 1. The molecule has 18 heavy (non-hydrogen) atoms. The van der Waals surface area contributed by atoms with Gasteiger partial charge in [-0.15, -0.1) is 0 Å². The van der Waals surface area contributed by atoms with Crippen LogP contribution in [0.5, 0.6) is 5.75 Å². The van der Waals surface area contributed by atoms with E-state index in [-0.39, 0.29) is 6.04 Å². The predicted molar refractivity (Wildman–Crippen MR) is 75.3 cm³/mol. The second-order valence-electron chi connectivity index (χ2n) is 5.43. The Hall–Kier alpha value is -1.06. The van der Waals surface area contributed by atoms with Crippen LogP contribution in [-0.4, -0.2) is 24.9 Å². The largest absolute Gasteiger partial charge is 0.496 e. The van der Waals surface area contributed by atoms with Crippen LogP contribution in [0.3, 0.4) is 0 Å². The minimum Gasteiger partial charge on any atom is -0.496 e. The number of likely N-dealkylation sites (N-methyl/N-ethyl adjacent to an activating group) is 1. The number of nitrogens with one attached hydrogen (secondary N) is 1. The van der Waals surface area contributed by atoms with E-state index in [0.29, 0.717) is 0 Å². The van der Waals surface area contributed by atoms with Gasteiger partial charge in [-0.25, -0.2) is 0 Å². The van der Waals surface area contributed by atoms with Crippen molar-refractivity contribution in [1.29, 1.82) is 0 Å². The SMILES string of the molecule is CNC(c1c(C)cc(OC)c(C)c1C)C(C)(C)O. The van der Waals surface area contributed by atoms with Gasteiger partial charge in [-0.05, 0) is 70.0 Å². The summed E-state index contributed by atoms with van der Waals surface area (Å²) in [6.07, 6.45) is 0. The van der Waals surface area contributed by atoms with Crippen molar-refractivity contribution in [3.05, 3.63) is 28.3 Å². The van der Waals surface area contributed by atoms with Crippen molar-refractivity contribution in [2.24, 2.45) is 0 Å². The highest BCUT2D eigenvalue weighted by Crippen LogP contribution is 2.35. The molecule has 0 aliphatic rings. The Balaban J connectivity index is 3.46. The second kappa shape index (κ2) is 5.29. The van der Waals surface area contributed by atoms with E-state index in [1.54, 1.807) is 7.11 Å². The van der Waals surface area contributed by atoms with Crippen LogP contribution in [0.1, 0.15) is 42.1 Å². The number of methoxy groups -OCH3 is 1. The molecule has 0 fully saturated rings. The molecule has 0 saturated heterocycles. The van der Waals surface area contributed by atoms with Crippen molar-refractivity contribution < 1.29 is 9.84 Å². The molecule has 0 amide bonds. The lowest BCUT2D eigenvalue weighted by Gasteiger charge is -2.32. The average Bonchev–Trinajstić information content (AvgIpc) is 2.27. The standard InChI is InChI=1S/C15H25NO2/c1-9-8-12(18-7)10(2)11(3)13(9)14(16-6)15(4,5)17/h8,14,16-17H,1-7H3. The molecule has 102 valence electrons. The molecule has 0 radical (unpaired) electrons. The van der Waals surface area contributed by atoms with Crippen LogP contribution in [0.2, 0.25) is 0 Å². The normalized spacial score (nSPS) is 13.6. The maximum absolute atomic E-state index is 10.3. The summed E-state index contributed by atoms with van der Waals surface area (Å²) in [6, 6.07) is 1.94. The molecule has 0 saturated carbocycles. The maximum atomic E-state index is 10.3. The van der Waals surface area contributed by atoms with Crippen molar-refractivity contribution in [3.63, 3.8) is 0 Å². The number of aryl methyl sites for hydroxylation is 1. The van der Waals surface area contributed by atoms with Gasteiger partial charge in [0.1, 0.15) is 5.75 Å². The summed E-state index contributed by atoms with van der Waals surface area (Å²) in [5.74, 6) is 0.902. The minimum absolute atomic E-state index is 0.0953. The molecule has 0 aliphatic heterocycles. The number of hydrogen-bond acceptors (Lipinski definition) is 3. The van der Waals surface area contributed by atoms with Crippen LogP contribution in [-0.2, 0) is 0 Å². The maximum Gasteiger partial charge on any atom is 0.122 e. The Morgan fingerprint density at radius 1 is 1.22 bits per heavy atom. The zero-order valence-corrected chi connectivity index (χ0v) is 12.5. The van der Waals surface area contributed by atoms with E-state index in [4.69, 9.17) is 4.74 Å². The summed E-state index contributed by atoms with van der Waals surface area (Å²) in [6.45, 7) is 9.84. The highest BCUT2D eigenvalue weighted by Gasteiger charge is 2.30. The Morgan fingerprint density at radius 2 is 1.78 bits per heavy atom. The van der Waals surface area contributed by atoms with E-state index in [0.717, 1.165) is 22.4 Å². The third kappa shape index (κ3) is 2.68. The van der Waals surface area contributed by atoms with Gasteiger partial charge in [0.2, 0.25) is 0 Å². The molecule has 0 aliphatic carbocycles. The van der Waals surface area contributed by atoms with Gasteiger partial charge in [-0.2, -0.15) is 0 Å². The van der Waals surface area contributed by atoms with Gasteiger partial charge >= 0.3 is 0 Å². The molecule has 0 heterocycles. The zero-order chi connectivity index (χ0) is 14.1. The molecule has 0 aromatic heterocycles. The Labute approximate surface area is 110 Å². The number of aliphatic hydroxyl groups is 1. The first-order valence-electron chi connectivity index (χ1n) is 6.28. The van der Waals surface area contributed by atoms with E-state index >= 15 is 0 Å². The van der Waals surface area contributed by atoms with Gasteiger partial charge in [0.15, 0.2) is 0 Å². The minimum atomic E-state index is -0.814. The van der Waals surface area contributed by atoms with Crippen molar-refractivity contribution in [2.45, 2.75) is 46.3 Å². The van der Waals surface area contributed by atoms with Crippen molar-refractivity contribution in [2.75, 3.05) is 14.2 Å². The summed E-state index contributed by atoms with van der Waals surface area (Å²) in [4.78, 5) is 0. The average molecular weight is 251 g/mol. The van der Waals surface area contributed by atoms with Crippen LogP contribution < -0.4 is 10.1 Å². The fourth-order valence-electron chi connectivity index (χ4n) is 2.57. The van der Waals surface area contributed by atoms with E-state index in [1.807, 2.05) is 33.9 Å². The highest BCUT2D eigenvalue weighted by atomic mass is 16.5. The van der Waals surface area contributed by atoms with Crippen molar-refractivity contribution in [1.82, 2.24) is 5.32 Å². The Kier molecular flexibility index (Phi) is 4.41. The summed E-state index contributed by atoms with van der Waals surface area (Å²) in [7, 11) is 3.56. The molecule has 3 nitrogen and oxygen atoms in total. The predicted octanol–water partition coefficient (Wildman–Crippen LogP) is 2.65. The molecule has 1 rings (SSSR count). The molecule has 1 aromatic carbocycles. The van der Waals surface area contributed by atoms with Crippen molar-refractivity contribution >= 4 is 0 Å². The van der Waals surface area contributed by atoms with Gasteiger partial charge in [-0.3, -0.25) is 0 Å². The molecule has 0 bridgehead atoms. The Morgan fingerprint density at radius 3 is 2.17 bits per heavy atom. The van der Waals surface area contributed by atoms with Gasteiger partial charge in [-0.1, -0.05) is 0 Å². The quantitative estimate of drug-likeness (QED) is 0.864. The van der Waals surface area contributed by atoms with E-state index in [1.165, 1.54) is 5.56 Å². The van der Waals surface area contributed by atoms with Gasteiger partial charge in [0.25, 0.3) is 0 Å². The smallest absolute Gasteiger partial charge is 0.122 e. The van der Waals surface area contributed by atoms with Gasteiger partial charge < -0.3 is 15.2 Å². The fraction of sp³-hybridized carbons (Fsp3) is 0.600. The molecule has 1 atom stereocenters. The van der Waals surface area contributed by atoms with Gasteiger partial charge in [0, 0.05) is 0 Å². The number of rotatable bonds is 4. The summed E-state index contributed by atoms with van der Waals surface area (Å²) < 4.78 is 5.38. The van der Waals surface area contributed by atoms with Crippen LogP contribution in [0.4, 0.5) is 0 Å². The van der Waals surface area contributed by atoms with E-state index in [2.05, 4.69) is 19.2 Å². The molecular formula is C15H25NO2. The summed E-state index contributed by atoms with van der Waals surface area (Å²) in [5, 5.41) is 13.5. The molecule has 2 N–H and O–H groups in total. The second-order valence-corrected chi connectivity index (χ2v) is 5.43. The third-order valence-corrected chi connectivity index (χ3v) is 3.61.